The number of carbonyl (C=O) groups excluding carboxylic acids is 2. The van der Waals surface area contributed by atoms with Gasteiger partial charge in [0.2, 0.25) is 0 Å². The van der Waals surface area contributed by atoms with Crippen LogP contribution in [0.4, 0.5) is 0 Å². The van der Waals surface area contributed by atoms with Gasteiger partial charge in [-0.1, -0.05) is 13.2 Å². The highest BCUT2D eigenvalue weighted by Gasteiger charge is 2.15. The lowest BCUT2D eigenvalue weighted by Gasteiger charge is -2.20. The van der Waals surface area contributed by atoms with E-state index < -0.39 is 24.1 Å². The molecule has 9 heteroatoms. The molecule has 156 valence electrons. The summed E-state index contributed by atoms with van der Waals surface area (Å²) in [6.07, 6.45) is 1.05. The molecule has 0 aromatic rings. The molecular formula is C18H30O9. The second kappa shape index (κ2) is 16.4. The SMILES string of the molecule is C=CC(=O)OCC(COCC(COCC(COC(=O)C=C)OC)OC)OC. The summed E-state index contributed by atoms with van der Waals surface area (Å²) in [6.45, 7) is 7.72. The monoisotopic (exact) mass is 390 g/mol. The lowest BCUT2D eigenvalue weighted by atomic mass is 10.3. The van der Waals surface area contributed by atoms with Gasteiger partial charge in [-0.3, -0.25) is 0 Å². The van der Waals surface area contributed by atoms with Gasteiger partial charge in [0, 0.05) is 33.5 Å². The molecule has 0 heterocycles. The van der Waals surface area contributed by atoms with E-state index in [4.69, 9.17) is 33.2 Å². The zero-order valence-electron chi connectivity index (χ0n) is 16.2. The molecule has 0 aliphatic rings. The van der Waals surface area contributed by atoms with Crippen LogP contribution < -0.4 is 0 Å². The number of ether oxygens (including phenoxy) is 7. The van der Waals surface area contributed by atoms with Crippen LogP contribution in [0.5, 0.6) is 0 Å². The van der Waals surface area contributed by atoms with Crippen molar-refractivity contribution in [2.45, 2.75) is 18.3 Å². The smallest absolute Gasteiger partial charge is 0.330 e. The van der Waals surface area contributed by atoms with Crippen LogP contribution in [-0.4, -0.2) is 91.2 Å². The fourth-order valence-electron chi connectivity index (χ4n) is 1.68. The summed E-state index contributed by atoms with van der Waals surface area (Å²) in [5, 5.41) is 0. The standard InChI is InChI=1S/C18H30O9/c1-6-17(19)26-12-15(22-4)10-24-8-14(21-3)9-25-11-16(23-5)13-27-18(20)7-2/h6-7,14-16H,1-2,8-13H2,3-5H3. The summed E-state index contributed by atoms with van der Waals surface area (Å²) in [5.74, 6) is -1.04. The van der Waals surface area contributed by atoms with Crippen molar-refractivity contribution in [2.24, 2.45) is 0 Å². The summed E-state index contributed by atoms with van der Waals surface area (Å²) in [4.78, 5) is 22.1. The van der Waals surface area contributed by atoms with E-state index in [1.165, 1.54) is 21.3 Å². The Morgan fingerprint density at radius 1 is 0.667 bits per heavy atom. The fraction of sp³-hybridized carbons (Fsp3) is 0.667. The van der Waals surface area contributed by atoms with Gasteiger partial charge < -0.3 is 33.2 Å². The summed E-state index contributed by atoms with van der Waals surface area (Å²) < 4.78 is 36.5. The first-order valence-electron chi connectivity index (χ1n) is 8.32. The molecule has 27 heavy (non-hydrogen) atoms. The van der Waals surface area contributed by atoms with Crippen molar-refractivity contribution in [3.05, 3.63) is 25.3 Å². The van der Waals surface area contributed by atoms with Crippen molar-refractivity contribution in [1.82, 2.24) is 0 Å². The van der Waals surface area contributed by atoms with Crippen molar-refractivity contribution >= 4 is 11.9 Å². The minimum atomic E-state index is -0.522. The minimum absolute atomic E-state index is 0.0639. The van der Waals surface area contributed by atoms with Crippen molar-refractivity contribution in [2.75, 3.05) is 61.0 Å². The van der Waals surface area contributed by atoms with E-state index in [1.54, 1.807) is 0 Å². The summed E-state index contributed by atoms with van der Waals surface area (Å²) in [5.41, 5.74) is 0. The Bertz CT molecular complexity index is 401. The van der Waals surface area contributed by atoms with Gasteiger partial charge in [-0.25, -0.2) is 9.59 Å². The molecule has 0 spiro atoms. The Morgan fingerprint density at radius 2 is 0.963 bits per heavy atom. The quantitative estimate of drug-likeness (QED) is 0.260. The van der Waals surface area contributed by atoms with Crippen molar-refractivity contribution < 1.29 is 42.7 Å². The molecule has 0 amide bonds. The van der Waals surface area contributed by atoms with Crippen LogP contribution in [0.25, 0.3) is 0 Å². The predicted octanol–water partition coefficient (Wildman–Crippen LogP) is 0.523. The largest absolute Gasteiger partial charge is 0.460 e. The number of hydrogen-bond donors (Lipinski definition) is 0. The van der Waals surface area contributed by atoms with Crippen LogP contribution in [-0.2, 0) is 42.7 Å². The number of methoxy groups -OCH3 is 3. The van der Waals surface area contributed by atoms with Crippen LogP contribution >= 0.6 is 0 Å². The third-order valence-corrected chi connectivity index (χ3v) is 3.37. The Kier molecular flexibility index (Phi) is 15.3. The molecule has 0 saturated carbocycles. The van der Waals surface area contributed by atoms with E-state index in [1.807, 2.05) is 0 Å². The Balaban J connectivity index is 4.04. The number of esters is 2. The zero-order valence-corrected chi connectivity index (χ0v) is 16.2. The summed E-state index contributed by atoms with van der Waals surface area (Å²) in [7, 11) is 4.53. The molecule has 2 unspecified atom stereocenters. The molecule has 0 aromatic carbocycles. The lowest BCUT2D eigenvalue weighted by Crippen LogP contribution is -2.32. The minimum Gasteiger partial charge on any atom is -0.460 e. The van der Waals surface area contributed by atoms with Crippen LogP contribution in [0.3, 0.4) is 0 Å². The number of hydrogen-bond acceptors (Lipinski definition) is 9. The third-order valence-electron chi connectivity index (χ3n) is 3.37. The average Bonchev–Trinajstić information content (AvgIpc) is 2.70. The van der Waals surface area contributed by atoms with Gasteiger partial charge in [-0.2, -0.15) is 0 Å². The van der Waals surface area contributed by atoms with Crippen LogP contribution in [0.2, 0.25) is 0 Å². The molecule has 0 saturated heterocycles. The first-order chi connectivity index (χ1) is 13.0. The highest BCUT2D eigenvalue weighted by molar-refractivity contribution is 5.81. The van der Waals surface area contributed by atoms with Gasteiger partial charge in [0.05, 0.1) is 26.4 Å². The van der Waals surface area contributed by atoms with Gasteiger partial charge in [0.15, 0.2) is 0 Å². The van der Waals surface area contributed by atoms with Crippen LogP contribution in [0.15, 0.2) is 25.3 Å². The number of carbonyl (C=O) groups is 2. The first kappa shape index (κ1) is 25.2. The normalized spacial score (nSPS) is 14.0. The molecular weight excluding hydrogens is 360 g/mol. The highest BCUT2D eigenvalue weighted by atomic mass is 16.6. The molecule has 9 nitrogen and oxygen atoms in total. The maximum absolute atomic E-state index is 11.0. The molecule has 0 fully saturated rings. The van der Waals surface area contributed by atoms with E-state index in [0.717, 1.165) is 12.2 Å². The first-order valence-corrected chi connectivity index (χ1v) is 8.32. The number of rotatable bonds is 17. The van der Waals surface area contributed by atoms with E-state index in [-0.39, 0.29) is 45.7 Å². The van der Waals surface area contributed by atoms with Gasteiger partial charge in [-0.05, 0) is 0 Å². The van der Waals surface area contributed by atoms with E-state index >= 15 is 0 Å². The van der Waals surface area contributed by atoms with Crippen molar-refractivity contribution in [1.29, 1.82) is 0 Å². The second-order valence-corrected chi connectivity index (χ2v) is 5.32. The van der Waals surface area contributed by atoms with Gasteiger partial charge in [0.25, 0.3) is 0 Å². The molecule has 0 rings (SSSR count). The molecule has 0 aliphatic carbocycles. The summed E-state index contributed by atoms with van der Waals surface area (Å²) >= 11 is 0. The van der Waals surface area contributed by atoms with Gasteiger partial charge in [-0.15, -0.1) is 0 Å². The second-order valence-electron chi connectivity index (χ2n) is 5.32. The Morgan fingerprint density at radius 3 is 1.22 bits per heavy atom. The predicted molar refractivity (Wildman–Crippen MR) is 96.3 cm³/mol. The van der Waals surface area contributed by atoms with Crippen LogP contribution in [0, 0.1) is 0 Å². The zero-order chi connectivity index (χ0) is 20.5. The molecule has 0 aliphatic heterocycles. The molecule has 2 atom stereocenters. The molecule has 0 N–H and O–H groups in total. The summed E-state index contributed by atoms with van der Waals surface area (Å²) in [6, 6.07) is 0. The molecule has 0 aromatic heterocycles. The Labute approximate surface area is 160 Å². The van der Waals surface area contributed by atoms with Crippen molar-refractivity contribution in [3.8, 4) is 0 Å². The van der Waals surface area contributed by atoms with Crippen LogP contribution in [0.1, 0.15) is 0 Å². The van der Waals surface area contributed by atoms with Crippen molar-refractivity contribution in [3.63, 3.8) is 0 Å². The van der Waals surface area contributed by atoms with E-state index in [2.05, 4.69) is 13.2 Å². The Hall–Kier alpha value is -1.78. The van der Waals surface area contributed by atoms with Gasteiger partial charge in [0.1, 0.15) is 31.5 Å². The van der Waals surface area contributed by atoms with E-state index in [0.29, 0.717) is 0 Å². The maximum Gasteiger partial charge on any atom is 0.330 e. The molecule has 0 bridgehead atoms. The average molecular weight is 390 g/mol. The highest BCUT2D eigenvalue weighted by Crippen LogP contribution is 2.00. The topological polar surface area (TPSA) is 98.8 Å². The molecule has 0 radical (unpaired) electrons. The third kappa shape index (κ3) is 13.1. The van der Waals surface area contributed by atoms with Gasteiger partial charge >= 0.3 is 11.9 Å². The maximum atomic E-state index is 11.0. The van der Waals surface area contributed by atoms with E-state index in [9.17, 15) is 9.59 Å². The lowest BCUT2D eigenvalue weighted by molar-refractivity contribution is -0.143. The fourth-order valence-corrected chi connectivity index (χ4v) is 1.68.